The third-order valence-corrected chi connectivity index (χ3v) is 6.26. The molecular weight excluding hydrogens is 272 g/mol. The molecule has 1 saturated heterocycles. The van der Waals surface area contributed by atoms with Crippen LogP contribution >= 0.6 is 0 Å². The summed E-state index contributed by atoms with van der Waals surface area (Å²) in [4.78, 5) is 2.68. The number of nitrogens with zero attached hydrogens (tertiary/aromatic N) is 2. The molecule has 2 unspecified atom stereocenters. The molecule has 4 nitrogen and oxygen atoms in total. The Hall–Kier alpha value is -0.910. The molecule has 112 valence electrons. The lowest BCUT2D eigenvalue weighted by atomic mass is 10.1. The van der Waals surface area contributed by atoms with E-state index in [1.54, 1.807) is 10.4 Å². The number of benzene rings is 1. The first-order valence-electron chi connectivity index (χ1n) is 7.03. The van der Waals surface area contributed by atoms with Crippen molar-refractivity contribution in [3.63, 3.8) is 0 Å². The summed E-state index contributed by atoms with van der Waals surface area (Å²) in [6, 6.07) is 6.07. The molecule has 2 atom stereocenters. The van der Waals surface area contributed by atoms with Crippen LogP contribution in [0.25, 0.3) is 0 Å². The number of likely N-dealkylation sites (N-methyl/N-ethyl adjacent to an activating group) is 1. The lowest BCUT2D eigenvalue weighted by Crippen LogP contribution is -2.56. The predicted molar refractivity (Wildman–Crippen MR) is 81.4 cm³/mol. The summed E-state index contributed by atoms with van der Waals surface area (Å²) >= 11 is 0. The van der Waals surface area contributed by atoms with Gasteiger partial charge in [0, 0.05) is 25.2 Å². The van der Waals surface area contributed by atoms with Gasteiger partial charge in [0.25, 0.3) is 0 Å². The topological polar surface area (TPSA) is 40.6 Å². The van der Waals surface area contributed by atoms with Crippen molar-refractivity contribution in [1.82, 2.24) is 9.21 Å². The van der Waals surface area contributed by atoms with Crippen LogP contribution in [0, 0.1) is 13.8 Å². The van der Waals surface area contributed by atoms with Crippen molar-refractivity contribution in [2.45, 2.75) is 44.7 Å². The van der Waals surface area contributed by atoms with Crippen LogP contribution in [-0.4, -0.2) is 49.8 Å². The minimum atomic E-state index is -3.40. The van der Waals surface area contributed by atoms with Crippen LogP contribution in [-0.2, 0) is 10.0 Å². The number of aryl methyl sites for hydroxylation is 2. The zero-order chi connectivity index (χ0) is 15.1. The van der Waals surface area contributed by atoms with E-state index in [1.165, 1.54) is 0 Å². The lowest BCUT2D eigenvalue weighted by Gasteiger charge is -2.41. The molecule has 0 N–H and O–H groups in total. The molecule has 0 aliphatic carbocycles. The Kier molecular flexibility index (Phi) is 4.23. The minimum Gasteiger partial charge on any atom is -0.298 e. The number of hydrogen-bond donors (Lipinski definition) is 0. The summed E-state index contributed by atoms with van der Waals surface area (Å²) in [6.07, 6.45) is 0. The van der Waals surface area contributed by atoms with E-state index in [9.17, 15) is 8.42 Å². The van der Waals surface area contributed by atoms with Gasteiger partial charge in [-0.15, -0.1) is 0 Å². The lowest BCUT2D eigenvalue weighted by molar-refractivity contribution is 0.105. The van der Waals surface area contributed by atoms with Crippen molar-refractivity contribution in [1.29, 1.82) is 0 Å². The Balaban J connectivity index is 2.38. The average Bonchev–Trinajstić information content (AvgIpc) is 2.38. The largest absolute Gasteiger partial charge is 0.298 e. The van der Waals surface area contributed by atoms with Crippen molar-refractivity contribution >= 4 is 10.0 Å². The van der Waals surface area contributed by atoms with E-state index in [0.717, 1.165) is 11.1 Å². The van der Waals surface area contributed by atoms with Gasteiger partial charge in [-0.2, -0.15) is 4.31 Å². The Morgan fingerprint density at radius 3 is 2.20 bits per heavy atom. The maximum atomic E-state index is 12.9. The fourth-order valence-electron chi connectivity index (χ4n) is 2.68. The highest BCUT2D eigenvalue weighted by atomic mass is 32.2. The van der Waals surface area contributed by atoms with E-state index in [2.05, 4.69) is 25.8 Å². The average molecular weight is 296 g/mol. The standard InChI is InChI=1S/C15H24N2O2S/c1-11-6-7-12(2)15(8-11)20(18,19)17-9-13(3)16(5)14(4)10-17/h6-8,13-14H,9-10H2,1-5H3. The molecule has 1 fully saturated rings. The van der Waals surface area contributed by atoms with E-state index in [1.807, 2.05) is 26.0 Å². The summed E-state index contributed by atoms with van der Waals surface area (Å²) in [5.74, 6) is 0. The number of hydrogen-bond acceptors (Lipinski definition) is 3. The van der Waals surface area contributed by atoms with Gasteiger partial charge in [0.1, 0.15) is 0 Å². The second-order valence-electron chi connectivity index (χ2n) is 5.95. The molecular formula is C15H24N2O2S. The number of sulfonamides is 1. The van der Waals surface area contributed by atoms with Crippen molar-refractivity contribution < 1.29 is 8.42 Å². The van der Waals surface area contributed by atoms with Crippen LogP contribution in [0.3, 0.4) is 0 Å². The van der Waals surface area contributed by atoms with Gasteiger partial charge in [0.2, 0.25) is 10.0 Å². The van der Waals surface area contributed by atoms with Crippen LogP contribution in [0.4, 0.5) is 0 Å². The predicted octanol–water partition coefficient (Wildman–Crippen LogP) is 2.02. The monoisotopic (exact) mass is 296 g/mol. The molecule has 5 heteroatoms. The summed E-state index contributed by atoms with van der Waals surface area (Å²) in [5.41, 5.74) is 1.79. The highest BCUT2D eigenvalue weighted by Gasteiger charge is 2.34. The maximum Gasteiger partial charge on any atom is 0.243 e. The van der Waals surface area contributed by atoms with Crippen molar-refractivity contribution in [2.75, 3.05) is 20.1 Å². The van der Waals surface area contributed by atoms with Crippen molar-refractivity contribution in [2.24, 2.45) is 0 Å². The summed E-state index contributed by atoms with van der Waals surface area (Å²) < 4.78 is 27.4. The third-order valence-electron chi connectivity index (χ3n) is 4.29. The van der Waals surface area contributed by atoms with Crippen molar-refractivity contribution in [3.8, 4) is 0 Å². The minimum absolute atomic E-state index is 0.235. The molecule has 20 heavy (non-hydrogen) atoms. The van der Waals surface area contributed by atoms with Gasteiger partial charge in [-0.3, -0.25) is 4.90 Å². The Labute approximate surface area is 122 Å². The van der Waals surface area contributed by atoms with E-state index in [4.69, 9.17) is 0 Å². The van der Waals surface area contributed by atoms with Crippen LogP contribution < -0.4 is 0 Å². The first-order chi connectivity index (χ1) is 9.23. The number of piperazine rings is 1. The van der Waals surface area contributed by atoms with Crippen molar-refractivity contribution in [3.05, 3.63) is 29.3 Å². The molecule has 0 bridgehead atoms. The molecule has 0 aromatic heterocycles. The Morgan fingerprint density at radius 2 is 1.65 bits per heavy atom. The molecule has 2 rings (SSSR count). The maximum absolute atomic E-state index is 12.9. The van der Waals surface area contributed by atoms with Gasteiger partial charge in [-0.25, -0.2) is 8.42 Å². The van der Waals surface area contributed by atoms with E-state index in [0.29, 0.717) is 18.0 Å². The Bertz CT molecular complexity index is 586. The van der Waals surface area contributed by atoms with Gasteiger partial charge in [0.15, 0.2) is 0 Å². The molecule has 0 spiro atoms. The molecule has 1 aromatic rings. The SMILES string of the molecule is Cc1ccc(C)c(S(=O)(=O)N2CC(C)N(C)C(C)C2)c1. The molecule has 1 aliphatic rings. The molecule has 1 heterocycles. The summed E-state index contributed by atoms with van der Waals surface area (Å²) in [7, 11) is -1.35. The van der Waals surface area contributed by atoms with Gasteiger partial charge in [0.05, 0.1) is 4.90 Å². The quantitative estimate of drug-likeness (QED) is 0.838. The second kappa shape index (κ2) is 5.47. The van der Waals surface area contributed by atoms with Gasteiger partial charge >= 0.3 is 0 Å². The van der Waals surface area contributed by atoms with E-state index < -0.39 is 10.0 Å². The zero-order valence-electron chi connectivity index (χ0n) is 12.9. The smallest absolute Gasteiger partial charge is 0.243 e. The highest BCUT2D eigenvalue weighted by molar-refractivity contribution is 7.89. The molecule has 0 saturated carbocycles. The first-order valence-corrected chi connectivity index (χ1v) is 8.47. The van der Waals surface area contributed by atoms with Crippen LogP contribution in [0.2, 0.25) is 0 Å². The van der Waals surface area contributed by atoms with Gasteiger partial charge in [-0.05, 0) is 51.9 Å². The van der Waals surface area contributed by atoms with Crippen LogP contribution in [0.1, 0.15) is 25.0 Å². The fraction of sp³-hybridized carbons (Fsp3) is 0.600. The van der Waals surface area contributed by atoms with E-state index in [-0.39, 0.29) is 12.1 Å². The third kappa shape index (κ3) is 2.75. The van der Waals surface area contributed by atoms with Gasteiger partial charge in [-0.1, -0.05) is 12.1 Å². The van der Waals surface area contributed by atoms with E-state index >= 15 is 0 Å². The molecule has 0 amide bonds. The first kappa shape index (κ1) is 15.5. The fourth-order valence-corrected chi connectivity index (χ4v) is 4.59. The molecule has 1 aliphatic heterocycles. The molecule has 0 radical (unpaired) electrons. The van der Waals surface area contributed by atoms with Crippen LogP contribution in [0.15, 0.2) is 23.1 Å². The summed E-state index contributed by atoms with van der Waals surface area (Å²) in [6.45, 7) is 9.03. The number of rotatable bonds is 2. The zero-order valence-corrected chi connectivity index (χ0v) is 13.7. The summed E-state index contributed by atoms with van der Waals surface area (Å²) in [5, 5.41) is 0. The second-order valence-corrected chi connectivity index (χ2v) is 7.86. The van der Waals surface area contributed by atoms with Crippen LogP contribution in [0.5, 0.6) is 0 Å². The highest BCUT2D eigenvalue weighted by Crippen LogP contribution is 2.25. The van der Waals surface area contributed by atoms with Gasteiger partial charge < -0.3 is 0 Å². The normalized spacial score (nSPS) is 25.9. The Morgan fingerprint density at radius 1 is 1.10 bits per heavy atom. The molecule has 1 aromatic carbocycles.